The lowest BCUT2D eigenvalue weighted by Crippen LogP contribution is -2.26. The van der Waals surface area contributed by atoms with E-state index in [1.54, 1.807) is 6.92 Å². The van der Waals surface area contributed by atoms with Gasteiger partial charge in [0.15, 0.2) is 0 Å². The average Bonchev–Trinajstić information content (AvgIpc) is 2.26. The Kier molecular flexibility index (Phi) is 4.75. The number of carbonyl (C=O) groups excluding carboxylic acids is 1. The number of rotatable bonds is 3. The smallest absolute Gasteiger partial charge is 0.327 e. The Morgan fingerprint density at radius 3 is 2.11 bits per heavy atom. The van der Waals surface area contributed by atoms with E-state index in [9.17, 15) is 4.79 Å². The highest BCUT2D eigenvalue weighted by atomic mass is 16.5. The Labute approximate surface area is 116 Å². The van der Waals surface area contributed by atoms with Crippen molar-refractivity contribution in [2.24, 2.45) is 5.73 Å². The fourth-order valence-electron chi connectivity index (χ4n) is 2.25. The molecular formula is C16H25NO2. The van der Waals surface area contributed by atoms with Gasteiger partial charge in [0.25, 0.3) is 0 Å². The summed E-state index contributed by atoms with van der Waals surface area (Å²) in [5, 5.41) is 0. The fraction of sp³-hybridized carbons (Fsp3) is 0.562. The third kappa shape index (κ3) is 3.57. The van der Waals surface area contributed by atoms with E-state index < -0.39 is 6.04 Å². The van der Waals surface area contributed by atoms with Crippen LogP contribution in [0.2, 0.25) is 0 Å². The highest BCUT2D eigenvalue weighted by Gasteiger charge is 2.23. The Balaban J connectivity index is 3.21. The molecule has 0 aromatic heterocycles. The van der Waals surface area contributed by atoms with Crippen molar-refractivity contribution in [1.29, 1.82) is 0 Å². The summed E-state index contributed by atoms with van der Waals surface area (Å²) in [6.07, 6.45) is 0. The van der Waals surface area contributed by atoms with Crippen molar-refractivity contribution < 1.29 is 9.53 Å². The second kappa shape index (κ2) is 5.74. The molecule has 0 amide bonds. The molecule has 0 aliphatic rings. The lowest BCUT2D eigenvalue weighted by atomic mass is 9.83. The Hall–Kier alpha value is -1.35. The van der Waals surface area contributed by atoms with Gasteiger partial charge in [-0.3, -0.25) is 0 Å². The molecule has 3 heteroatoms. The van der Waals surface area contributed by atoms with E-state index in [1.807, 2.05) is 13.8 Å². The summed E-state index contributed by atoms with van der Waals surface area (Å²) in [6.45, 7) is 12.6. The summed E-state index contributed by atoms with van der Waals surface area (Å²) in [6, 6.07) is 3.53. The molecule has 1 aromatic carbocycles. The first kappa shape index (κ1) is 15.7. The number of nitrogens with two attached hydrogens (primary N) is 1. The molecule has 0 spiro atoms. The zero-order chi connectivity index (χ0) is 14.8. The number of carbonyl (C=O) groups is 1. The first-order chi connectivity index (χ1) is 8.68. The van der Waals surface area contributed by atoms with Crippen molar-refractivity contribution in [3.63, 3.8) is 0 Å². The van der Waals surface area contributed by atoms with Gasteiger partial charge in [0, 0.05) is 0 Å². The molecule has 0 bridgehead atoms. The van der Waals surface area contributed by atoms with Gasteiger partial charge in [-0.15, -0.1) is 0 Å². The lowest BCUT2D eigenvalue weighted by Gasteiger charge is -2.24. The molecule has 1 unspecified atom stereocenters. The van der Waals surface area contributed by atoms with Crippen molar-refractivity contribution in [3.8, 4) is 0 Å². The topological polar surface area (TPSA) is 52.3 Å². The van der Waals surface area contributed by atoms with E-state index in [-0.39, 0.29) is 11.4 Å². The van der Waals surface area contributed by atoms with Crippen LogP contribution >= 0.6 is 0 Å². The molecule has 1 atom stereocenters. The van der Waals surface area contributed by atoms with E-state index in [0.29, 0.717) is 6.61 Å². The SMILES string of the molecule is CCOC(=O)C(N)c1c(C)cc(C(C)(C)C)cc1C. The largest absolute Gasteiger partial charge is 0.465 e. The number of hydrogen-bond acceptors (Lipinski definition) is 3. The molecule has 2 N–H and O–H groups in total. The van der Waals surface area contributed by atoms with Gasteiger partial charge in [-0.1, -0.05) is 32.9 Å². The molecule has 0 aliphatic heterocycles. The van der Waals surface area contributed by atoms with Gasteiger partial charge in [-0.25, -0.2) is 4.79 Å². The highest BCUT2D eigenvalue weighted by molar-refractivity contribution is 5.78. The minimum Gasteiger partial charge on any atom is -0.465 e. The third-order valence-corrected chi connectivity index (χ3v) is 3.31. The molecule has 0 saturated heterocycles. The zero-order valence-corrected chi connectivity index (χ0v) is 12.8. The summed E-state index contributed by atoms with van der Waals surface area (Å²) in [7, 11) is 0. The van der Waals surface area contributed by atoms with Crippen LogP contribution in [0.15, 0.2) is 12.1 Å². The standard InChI is InChI=1S/C16H25NO2/c1-7-19-15(18)14(17)13-10(2)8-12(9-11(13)3)16(4,5)6/h8-9,14H,7,17H2,1-6H3. The van der Waals surface area contributed by atoms with Crippen LogP contribution in [0.25, 0.3) is 0 Å². The molecule has 0 heterocycles. The van der Waals surface area contributed by atoms with Crippen LogP contribution in [0.3, 0.4) is 0 Å². The Bertz CT molecular complexity index is 449. The van der Waals surface area contributed by atoms with E-state index >= 15 is 0 Å². The van der Waals surface area contributed by atoms with Crippen LogP contribution < -0.4 is 5.73 Å². The third-order valence-electron chi connectivity index (χ3n) is 3.31. The Morgan fingerprint density at radius 1 is 1.26 bits per heavy atom. The van der Waals surface area contributed by atoms with Crippen molar-refractivity contribution in [2.75, 3.05) is 6.61 Å². The molecule has 0 aliphatic carbocycles. The lowest BCUT2D eigenvalue weighted by molar-refractivity contribution is -0.144. The summed E-state index contributed by atoms with van der Waals surface area (Å²) < 4.78 is 5.00. The van der Waals surface area contributed by atoms with Crippen LogP contribution in [0, 0.1) is 13.8 Å². The molecule has 1 aromatic rings. The second-order valence-corrected chi connectivity index (χ2v) is 6.00. The van der Waals surface area contributed by atoms with E-state index in [4.69, 9.17) is 10.5 Å². The first-order valence-electron chi connectivity index (χ1n) is 6.72. The van der Waals surface area contributed by atoms with Gasteiger partial charge in [-0.2, -0.15) is 0 Å². The predicted octanol–water partition coefficient (Wildman–Crippen LogP) is 3.16. The normalized spacial score (nSPS) is 13.2. The van der Waals surface area contributed by atoms with Gasteiger partial charge < -0.3 is 10.5 Å². The molecule has 1 rings (SSSR count). The number of benzene rings is 1. The van der Waals surface area contributed by atoms with Crippen molar-refractivity contribution in [1.82, 2.24) is 0 Å². The molecular weight excluding hydrogens is 238 g/mol. The molecule has 0 fully saturated rings. The minimum atomic E-state index is -0.700. The van der Waals surface area contributed by atoms with Crippen LogP contribution in [-0.4, -0.2) is 12.6 Å². The molecule has 106 valence electrons. The summed E-state index contributed by atoms with van der Waals surface area (Å²) in [5.41, 5.74) is 10.3. The average molecular weight is 263 g/mol. The molecule has 19 heavy (non-hydrogen) atoms. The minimum absolute atomic E-state index is 0.0854. The number of ether oxygens (including phenoxy) is 1. The van der Waals surface area contributed by atoms with Crippen molar-refractivity contribution in [3.05, 3.63) is 34.4 Å². The highest BCUT2D eigenvalue weighted by Crippen LogP contribution is 2.29. The summed E-state index contributed by atoms with van der Waals surface area (Å²) >= 11 is 0. The van der Waals surface area contributed by atoms with Crippen LogP contribution in [0.5, 0.6) is 0 Å². The molecule has 0 radical (unpaired) electrons. The monoisotopic (exact) mass is 263 g/mol. The fourth-order valence-corrected chi connectivity index (χ4v) is 2.25. The maximum absolute atomic E-state index is 11.8. The van der Waals surface area contributed by atoms with Gasteiger partial charge in [-0.05, 0) is 48.4 Å². The Morgan fingerprint density at radius 2 is 1.74 bits per heavy atom. The quantitative estimate of drug-likeness (QED) is 0.852. The number of esters is 1. The van der Waals surface area contributed by atoms with Gasteiger partial charge >= 0.3 is 5.97 Å². The summed E-state index contributed by atoms with van der Waals surface area (Å²) in [4.78, 5) is 11.8. The van der Waals surface area contributed by atoms with Gasteiger partial charge in [0.05, 0.1) is 6.61 Å². The maximum Gasteiger partial charge on any atom is 0.327 e. The van der Waals surface area contributed by atoms with E-state index in [2.05, 4.69) is 32.9 Å². The van der Waals surface area contributed by atoms with Crippen molar-refractivity contribution >= 4 is 5.97 Å². The molecule has 0 saturated carbocycles. The van der Waals surface area contributed by atoms with Crippen molar-refractivity contribution in [2.45, 2.75) is 53.0 Å². The zero-order valence-electron chi connectivity index (χ0n) is 12.8. The maximum atomic E-state index is 11.8. The van der Waals surface area contributed by atoms with E-state index in [1.165, 1.54) is 5.56 Å². The second-order valence-electron chi connectivity index (χ2n) is 6.00. The van der Waals surface area contributed by atoms with Gasteiger partial charge in [0.1, 0.15) is 6.04 Å². The number of hydrogen-bond donors (Lipinski definition) is 1. The predicted molar refractivity (Wildman–Crippen MR) is 78.2 cm³/mol. The van der Waals surface area contributed by atoms with Gasteiger partial charge in [0.2, 0.25) is 0 Å². The van der Waals surface area contributed by atoms with Crippen LogP contribution in [-0.2, 0) is 14.9 Å². The van der Waals surface area contributed by atoms with Crippen LogP contribution in [0.1, 0.15) is 56.0 Å². The summed E-state index contributed by atoms with van der Waals surface area (Å²) in [5.74, 6) is -0.364. The van der Waals surface area contributed by atoms with E-state index in [0.717, 1.165) is 16.7 Å². The molecule has 3 nitrogen and oxygen atoms in total. The number of aryl methyl sites for hydroxylation is 2. The first-order valence-corrected chi connectivity index (χ1v) is 6.72. The van der Waals surface area contributed by atoms with Crippen LogP contribution in [0.4, 0.5) is 0 Å².